The molecule has 0 radical (unpaired) electrons. The van der Waals surface area contributed by atoms with E-state index >= 15 is 0 Å². The van der Waals surface area contributed by atoms with Gasteiger partial charge in [-0.3, -0.25) is 9.10 Å². The van der Waals surface area contributed by atoms with Crippen LogP contribution in [0.2, 0.25) is 0 Å². The lowest BCUT2D eigenvalue weighted by molar-refractivity contribution is 0.102. The highest BCUT2D eigenvalue weighted by atomic mass is 32.2. The zero-order valence-electron chi connectivity index (χ0n) is 16.3. The number of carbonyl (C=O) groups excluding carboxylic acids is 1. The fourth-order valence-electron chi connectivity index (χ4n) is 3.05. The molecular formula is C20H25N3O4S. The zero-order valence-corrected chi connectivity index (χ0v) is 17.1. The van der Waals surface area contributed by atoms with E-state index in [0.717, 1.165) is 43.8 Å². The molecule has 28 heavy (non-hydrogen) atoms. The topological polar surface area (TPSA) is 79.0 Å². The summed E-state index contributed by atoms with van der Waals surface area (Å²) in [5.41, 5.74) is 3.43. The number of hydrogen-bond donors (Lipinski definition) is 1. The van der Waals surface area contributed by atoms with Gasteiger partial charge in [0, 0.05) is 37.1 Å². The van der Waals surface area contributed by atoms with E-state index in [4.69, 9.17) is 4.74 Å². The number of hydrogen-bond acceptors (Lipinski definition) is 5. The third kappa shape index (κ3) is 4.63. The minimum absolute atomic E-state index is 0.290. The third-order valence-corrected chi connectivity index (χ3v) is 6.00. The lowest BCUT2D eigenvalue weighted by Crippen LogP contribution is -2.36. The predicted molar refractivity (Wildman–Crippen MR) is 112 cm³/mol. The molecule has 8 heteroatoms. The van der Waals surface area contributed by atoms with Gasteiger partial charge in [0.1, 0.15) is 0 Å². The standard InChI is InChI=1S/C20H25N3O4S/c1-15-4-5-16(14-19(15)22(2)28(3,25)26)20(24)21-17-6-8-18(9-7-17)23-10-12-27-13-11-23/h4-9,14H,10-13H2,1-3H3,(H,21,24). The van der Waals surface area contributed by atoms with Crippen molar-refractivity contribution in [3.05, 3.63) is 53.6 Å². The van der Waals surface area contributed by atoms with Gasteiger partial charge in [-0.1, -0.05) is 6.07 Å². The first-order chi connectivity index (χ1) is 13.3. The first-order valence-electron chi connectivity index (χ1n) is 9.04. The number of nitrogens with one attached hydrogen (secondary N) is 1. The SMILES string of the molecule is Cc1ccc(C(=O)Nc2ccc(N3CCOCC3)cc2)cc1N(C)S(C)(=O)=O. The van der Waals surface area contributed by atoms with Crippen LogP contribution in [0.4, 0.5) is 17.1 Å². The van der Waals surface area contributed by atoms with Crippen molar-refractivity contribution in [1.82, 2.24) is 0 Å². The molecule has 3 rings (SSSR count). The molecule has 7 nitrogen and oxygen atoms in total. The second-order valence-corrected chi connectivity index (χ2v) is 8.85. The Morgan fingerprint density at radius 1 is 1.11 bits per heavy atom. The Hall–Kier alpha value is -2.58. The summed E-state index contributed by atoms with van der Waals surface area (Å²) >= 11 is 0. The van der Waals surface area contributed by atoms with Crippen LogP contribution in [0, 0.1) is 6.92 Å². The van der Waals surface area contributed by atoms with Crippen molar-refractivity contribution in [2.24, 2.45) is 0 Å². The number of amides is 1. The Morgan fingerprint density at radius 3 is 2.36 bits per heavy atom. The van der Waals surface area contributed by atoms with E-state index < -0.39 is 10.0 Å². The normalized spacial score (nSPS) is 14.6. The number of rotatable bonds is 5. The molecule has 0 bridgehead atoms. The summed E-state index contributed by atoms with van der Waals surface area (Å²) < 4.78 is 30.2. The third-order valence-electron chi connectivity index (χ3n) is 4.81. The molecule has 1 heterocycles. The molecule has 2 aromatic carbocycles. The Labute approximate surface area is 166 Å². The van der Waals surface area contributed by atoms with Crippen LogP contribution in [-0.4, -0.2) is 53.9 Å². The maximum absolute atomic E-state index is 12.6. The number of benzene rings is 2. The number of carbonyl (C=O) groups is 1. The molecule has 2 aromatic rings. The van der Waals surface area contributed by atoms with Crippen molar-refractivity contribution in [3.63, 3.8) is 0 Å². The smallest absolute Gasteiger partial charge is 0.255 e. The lowest BCUT2D eigenvalue weighted by Gasteiger charge is -2.28. The van der Waals surface area contributed by atoms with Gasteiger partial charge in [0.25, 0.3) is 5.91 Å². The minimum Gasteiger partial charge on any atom is -0.378 e. The molecular weight excluding hydrogens is 378 g/mol. The average Bonchev–Trinajstić information content (AvgIpc) is 2.68. The van der Waals surface area contributed by atoms with Gasteiger partial charge in [-0.2, -0.15) is 0 Å². The summed E-state index contributed by atoms with van der Waals surface area (Å²) in [6, 6.07) is 12.7. The van der Waals surface area contributed by atoms with Gasteiger partial charge in [0.05, 0.1) is 25.2 Å². The molecule has 0 unspecified atom stereocenters. The van der Waals surface area contributed by atoms with E-state index in [2.05, 4.69) is 10.2 Å². The second-order valence-electron chi connectivity index (χ2n) is 6.83. The Morgan fingerprint density at radius 2 is 1.75 bits per heavy atom. The molecule has 0 saturated carbocycles. The molecule has 1 N–H and O–H groups in total. The Kier molecular flexibility index (Phi) is 5.90. The fraction of sp³-hybridized carbons (Fsp3) is 0.350. The van der Waals surface area contributed by atoms with Gasteiger partial charge >= 0.3 is 0 Å². The minimum atomic E-state index is -3.41. The number of morpholine rings is 1. The molecule has 1 saturated heterocycles. The van der Waals surface area contributed by atoms with Crippen molar-refractivity contribution < 1.29 is 17.9 Å². The van der Waals surface area contributed by atoms with Crippen LogP contribution < -0.4 is 14.5 Å². The quantitative estimate of drug-likeness (QED) is 0.830. The number of aryl methyl sites for hydroxylation is 1. The first kappa shape index (κ1) is 20.2. The maximum atomic E-state index is 12.6. The zero-order chi connectivity index (χ0) is 20.3. The van der Waals surface area contributed by atoms with E-state index in [-0.39, 0.29) is 5.91 Å². The highest BCUT2D eigenvalue weighted by molar-refractivity contribution is 7.92. The predicted octanol–water partition coefficient (Wildman–Crippen LogP) is 2.48. The molecule has 1 aliphatic heterocycles. The highest BCUT2D eigenvalue weighted by Gasteiger charge is 2.17. The Bertz CT molecular complexity index is 952. The van der Waals surface area contributed by atoms with Crippen LogP contribution in [0.5, 0.6) is 0 Å². The second kappa shape index (κ2) is 8.20. The summed E-state index contributed by atoms with van der Waals surface area (Å²) in [6.07, 6.45) is 1.13. The molecule has 1 amide bonds. The van der Waals surface area contributed by atoms with Crippen molar-refractivity contribution in [3.8, 4) is 0 Å². The molecule has 1 aliphatic rings. The van der Waals surface area contributed by atoms with Crippen molar-refractivity contribution in [1.29, 1.82) is 0 Å². The van der Waals surface area contributed by atoms with Crippen LogP contribution in [0.25, 0.3) is 0 Å². The van der Waals surface area contributed by atoms with Crippen LogP contribution in [-0.2, 0) is 14.8 Å². The van der Waals surface area contributed by atoms with E-state index in [1.165, 1.54) is 11.4 Å². The van der Waals surface area contributed by atoms with Crippen molar-refractivity contribution >= 4 is 33.0 Å². The molecule has 0 aliphatic carbocycles. The van der Waals surface area contributed by atoms with Gasteiger partial charge in [-0.25, -0.2) is 8.42 Å². The fourth-order valence-corrected chi connectivity index (χ4v) is 3.60. The summed E-state index contributed by atoms with van der Waals surface area (Å²) in [5.74, 6) is -0.290. The first-order valence-corrected chi connectivity index (χ1v) is 10.9. The largest absolute Gasteiger partial charge is 0.378 e. The number of anilines is 3. The highest BCUT2D eigenvalue weighted by Crippen LogP contribution is 2.24. The number of ether oxygens (including phenoxy) is 1. The summed E-state index contributed by atoms with van der Waals surface area (Å²) in [6.45, 7) is 4.95. The lowest BCUT2D eigenvalue weighted by atomic mass is 10.1. The molecule has 1 fully saturated rings. The van der Waals surface area contributed by atoms with E-state index in [1.54, 1.807) is 18.2 Å². The number of sulfonamides is 1. The summed E-state index contributed by atoms with van der Waals surface area (Å²) in [7, 11) is -1.93. The van der Waals surface area contributed by atoms with Crippen molar-refractivity contribution in [2.45, 2.75) is 6.92 Å². The van der Waals surface area contributed by atoms with Crippen LogP contribution >= 0.6 is 0 Å². The molecule has 0 spiro atoms. The van der Waals surface area contributed by atoms with Gasteiger partial charge in [-0.05, 0) is 48.9 Å². The van der Waals surface area contributed by atoms with Crippen molar-refractivity contribution in [2.75, 3.05) is 54.1 Å². The van der Waals surface area contributed by atoms with Crippen LogP contribution in [0.15, 0.2) is 42.5 Å². The van der Waals surface area contributed by atoms with Gasteiger partial charge in [0.15, 0.2) is 0 Å². The number of nitrogens with zero attached hydrogens (tertiary/aromatic N) is 2. The molecule has 150 valence electrons. The van der Waals surface area contributed by atoms with Gasteiger partial charge < -0.3 is 15.0 Å². The monoisotopic (exact) mass is 403 g/mol. The van der Waals surface area contributed by atoms with Gasteiger partial charge in [0.2, 0.25) is 10.0 Å². The summed E-state index contributed by atoms with van der Waals surface area (Å²) in [5, 5.41) is 2.86. The molecule has 0 atom stereocenters. The van der Waals surface area contributed by atoms with E-state index in [0.29, 0.717) is 16.9 Å². The Balaban J connectivity index is 1.74. The molecule has 0 aromatic heterocycles. The van der Waals surface area contributed by atoms with E-state index in [1.807, 2.05) is 31.2 Å². The average molecular weight is 404 g/mol. The van der Waals surface area contributed by atoms with Crippen LogP contribution in [0.3, 0.4) is 0 Å². The summed E-state index contributed by atoms with van der Waals surface area (Å²) in [4.78, 5) is 14.9. The van der Waals surface area contributed by atoms with E-state index in [9.17, 15) is 13.2 Å². The van der Waals surface area contributed by atoms with Crippen LogP contribution in [0.1, 0.15) is 15.9 Å². The maximum Gasteiger partial charge on any atom is 0.255 e. The van der Waals surface area contributed by atoms with Gasteiger partial charge in [-0.15, -0.1) is 0 Å².